The normalized spacial score (nSPS) is 31.8. The molecule has 0 aromatic heterocycles. The van der Waals surface area contributed by atoms with Gasteiger partial charge in [-0.25, -0.2) is 4.90 Å². The number of piperazine rings is 1. The van der Waals surface area contributed by atoms with Crippen molar-refractivity contribution in [3.63, 3.8) is 0 Å². The lowest BCUT2D eigenvalue weighted by Crippen LogP contribution is -2.44. The van der Waals surface area contributed by atoms with Gasteiger partial charge in [0.25, 0.3) is 5.69 Å². The Morgan fingerprint density at radius 2 is 1.61 bits per heavy atom. The molecule has 4 aliphatic rings. The Kier molecular flexibility index (Phi) is 3.80. The summed E-state index contributed by atoms with van der Waals surface area (Å²) in [7, 11) is 2.03. The predicted octanol–water partition coefficient (Wildman–Crippen LogP) is 1.66. The number of benzene rings is 1. The lowest BCUT2D eigenvalue weighted by atomic mass is 9.85. The molecule has 4 atom stereocenters. The maximum absolute atomic E-state index is 13.0. The zero-order valence-corrected chi connectivity index (χ0v) is 15.7. The van der Waals surface area contributed by atoms with Crippen LogP contribution in [0.5, 0.6) is 0 Å². The van der Waals surface area contributed by atoms with Gasteiger partial charge in [0.1, 0.15) is 5.69 Å². The number of fused-ring (bicyclic) bond motifs is 5. The van der Waals surface area contributed by atoms with E-state index in [2.05, 4.69) is 4.90 Å². The van der Waals surface area contributed by atoms with Crippen molar-refractivity contribution in [1.29, 1.82) is 0 Å². The van der Waals surface area contributed by atoms with Crippen molar-refractivity contribution in [1.82, 2.24) is 4.90 Å². The van der Waals surface area contributed by atoms with Gasteiger partial charge in [0.05, 0.1) is 22.4 Å². The molecule has 2 bridgehead atoms. The van der Waals surface area contributed by atoms with Gasteiger partial charge >= 0.3 is 0 Å². The molecule has 0 unspecified atom stereocenters. The van der Waals surface area contributed by atoms with Crippen LogP contribution in [0.15, 0.2) is 30.4 Å². The molecular weight excluding hydrogens is 360 g/mol. The van der Waals surface area contributed by atoms with Crippen LogP contribution in [0, 0.1) is 33.8 Å². The fraction of sp³-hybridized carbons (Fsp3) is 0.500. The SMILES string of the molecule is CN1CCN(c2ccc(N3C(=O)[C@@H]4[C@H](C3=O)[C@H]3C=C[C@@H]4C3)cc2[N+](=O)[O-])CC1. The molecule has 1 aromatic carbocycles. The van der Waals surface area contributed by atoms with E-state index in [1.165, 1.54) is 11.0 Å². The molecule has 2 aliphatic carbocycles. The summed E-state index contributed by atoms with van der Waals surface area (Å²) in [6.45, 7) is 3.08. The number of nitrogens with zero attached hydrogens (tertiary/aromatic N) is 4. The first-order chi connectivity index (χ1) is 13.5. The van der Waals surface area contributed by atoms with Gasteiger partial charge in [-0.1, -0.05) is 12.2 Å². The van der Waals surface area contributed by atoms with Gasteiger partial charge in [0.15, 0.2) is 0 Å². The summed E-state index contributed by atoms with van der Waals surface area (Å²) in [5, 5.41) is 11.7. The number of carbonyl (C=O) groups excluding carboxylic acids is 2. The van der Waals surface area contributed by atoms with Crippen molar-refractivity contribution in [2.75, 3.05) is 43.0 Å². The highest BCUT2D eigenvalue weighted by Crippen LogP contribution is 2.53. The second-order valence-electron chi connectivity index (χ2n) is 8.23. The van der Waals surface area contributed by atoms with E-state index in [0.717, 1.165) is 19.5 Å². The minimum Gasteiger partial charge on any atom is -0.363 e. The first-order valence-corrected chi connectivity index (χ1v) is 9.74. The molecule has 2 amide bonds. The fourth-order valence-corrected chi connectivity index (χ4v) is 5.27. The van der Waals surface area contributed by atoms with E-state index >= 15 is 0 Å². The third kappa shape index (κ3) is 2.40. The number of hydrogen-bond acceptors (Lipinski definition) is 6. The van der Waals surface area contributed by atoms with Gasteiger partial charge < -0.3 is 9.80 Å². The van der Waals surface area contributed by atoms with Gasteiger partial charge in [-0.05, 0) is 37.4 Å². The van der Waals surface area contributed by atoms with E-state index in [4.69, 9.17) is 0 Å². The number of carbonyl (C=O) groups is 2. The molecule has 0 radical (unpaired) electrons. The van der Waals surface area contributed by atoms with Crippen LogP contribution in [0.2, 0.25) is 0 Å². The van der Waals surface area contributed by atoms with Gasteiger partial charge in [-0.15, -0.1) is 0 Å². The highest BCUT2D eigenvalue weighted by molar-refractivity contribution is 6.23. The third-order valence-electron chi connectivity index (χ3n) is 6.73. The number of rotatable bonds is 3. The fourth-order valence-electron chi connectivity index (χ4n) is 5.27. The van der Waals surface area contributed by atoms with Gasteiger partial charge in [0.2, 0.25) is 11.8 Å². The van der Waals surface area contributed by atoms with Crippen LogP contribution < -0.4 is 9.80 Å². The zero-order valence-electron chi connectivity index (χ0n) is 15.7. The van der Waals surface area contributed by atoms with E-state index in [9.17, 15) is 19.7 Å². The molecule has 0 spiro atoms. The number of imide groups is 1. The molecular formula is C20H22N4O4. The van der Waals surface area contributed by atoms with Gasteiger partial charge in [0, 0.05) is 32.2 Å². The van der Waals surface area contributed by atoms with E-state index in [1.807, 2.05) is 24.1 Å². The Hall–Kier alpha value is -2.74. The number of allylic oxidation sites excluding steroid dienone is 2. The van der Waals surface area contributed by atoms with Crippen molar-refractivity contribution in [3.05, 3.63) is 40.5 Å². The largest absolute Gasteiger partial charge is 0.363 e. The van der Waals surface area contributed by atoms with Crippen LogP contribution in [0.1, 0.15) is 6.42 Å². The van der Waals surface area contributed by atoms with Crippen molar-refractivity contribution in [3.8, 4) is 0 Å². The highest BCUT2D eigenvalue weighted by atomic mass is 16.6. The summed E-state index contributed by atoms with van der Waals surface area (Å²) >= 11 is 0. The third-order valence-corrected chi connectivity index (χ3v) is 6.73. The summed E-state index contributed by atoms with van der Waals surface area (Å²) < 4.78 is 0. The summed E-state index contributed by atoms with van der Waals surface area (Å²) in [5.74, 6) is -0.799. The molecule has 1 saturated carbocycles. The average Bonchev–Trinajstić information content (AvgIpc) is 3.36. The van der Waals surface area contributed by atoms with Crippen molar-refractivity contribution >= 4 is 28.9 Å². The first-order valence-electron chi connectivity index (χ1n) is 9.74. The van der Waals surface area contributed by atoms with E-state index in [1.54, 1.807) is 12.1 Å². The summed E-state index contributed by atoms with van der Waals surface area (Å²) in [6, 6.07) is 4.74. The average molecular weight is 382 g/mol. The van der Waals surface area contributed by atoms with Crippen LogP contribution in [-0.2, 0) is 9.59 Å². The van der Waals surface area contributed by atoms with Crippen molar-refractivity contribution in [2.45, 2.75) is 6.42 Å². The minimum atomic E-state index is -0.422. The summed E-state index contributed by atoms with van der Waals surface area (Å²) in [5.41, 5.74) is 0.803. The number of likely N-dealkylation sites (N-methyl/N-ethyl adjacent to an activating group) is 1. The molecule has 2 heterocycles. The topological polar surface area (TPSA) is 87.0 Å². The minimum absolute atomic E-state index is 0.0548. The molecule has 2 aliphatic heterocycles. The summed E-state index contributed by atoms with van der Waals surface area (Å²) in [4.78, 5) is 42.6. The molecule has 1 aromatic rings. The van der Waals surface area contributed by atoms with Gasteiger partial charge in [-0.2, -0.15) is 0 Å². The smallest absolute Gasteiger partial charge is 0.294 e. The van der Waals surface area contributed by atoms with Crippen molar-refractivity contribution in [2.24, 2.45) is 23.7 Å². The Morgan fingerprint density at radius 3 is 2.18 bits per heavy atom. The van der Waals surface area contributed by atoms with E-state index in [0.29, 0.717) is 24.5 Å². The van der Waals surface area contributed by atoms with Crippen LogP contribution in [0.3, 0.4) is 0 Å². The first kappa shape index (κ1) is 17.4. The van der Waals surface area contributed by atoms with Crippen LogP contribution in [0.4, 0.5) is 17.1 Å². The van der Waals surface area contributed by atoms with E-state index in [-0.39, 0.29) is 41.2 Å². The lowest BCUT2D eigenvalue weighted by Gasteiger charge is -2.33. The lowest BCUT2D eigenvalue weighted by molar-refractivity contribution is -0.384. The maximum atomic E-state index is 13.0. The summed E-state index contributed by atoms with van der Waals surface area (Å²) in [6.07, 6.45) is 4.95. The zero-order chi connectivity index (χ0) is 19.6. The molecule has 146 valence electrons. The van der Waals surface area contributed by atoms with Gasteiger partial charge in [-0.3, -0.25) is 19.7 Å². The number of hydrogen-bond donors (Lipinski definition) is 0. The molecule has 2 saturated heterocycles. The number of nitro benzene ring substituents is 1. The number of nitro groups is 1. The quantitative estimate of drug-likeness (QED) is 0.342. The Morgan fingerprint density at radius 1 is 1.00 bits per heavy atom. The monoisotopic (exact) mass is 382 g/mol. The second-order valence-corrected chi connectivity index (χ2v) is 8.23. The standard InChI is InChI=1S/C20H22N4O4/c1-21-6-8-22(9-7-21)15-5-4-14(11-16(15)24(27)28)23-19(25)17-12-2-3-13(10-12)18(17)20(23)26/h2-5,11-13,17-18H,6-10H2,1H3/t12-,13+,17+,18-. The Bertz CT molecular complexity index is 875. The molecule has 5 rings (SSSR count). The Labute approximate surface area is 162 Å². The second kappa shape index (κ2) is 6.13. The van der Waals surface area contributed by atoms with E-state index < -0.39 is 4.92 Å². The van der Waals surface area contributed by atoms with Crippen LogP contribution in [-0.4, -0.2) is 54.9 Å². The van der Waals surface area contributed by atoms with Crippen LogP contribution >= 0.6 is 0 Å². The maximum Gasteiger partial charge on any atom is 0.294 e. The van der Waals surface area contributed by atoms with Crippen LogP contribution in [0.25, 0.3) is 0 Å². The highest BCUT2D eigenvalue weighted by Gasteiger charge is 2.59. The molecule has 0 N–H and O–H groups in total. The molecule has 8 nitrogen and oxygen atoms in total. The molecule has 3 fully saturated rings. The van der Waals surface area contributed by atoms with Crippen molar-refractivity contribution < 1.29 is 14.5 Å². The number of amides is 2. The molecule has 28 heavy (non-hydrogen) atoms. The molecule has 8 heteroatoms. The Balaban J connectivity index is 1.48. The number of anilines is 2. The predicted molar refractivity (Wildman–Crippen MR) is 103 cm³/mol.